The summed E-state index contributed by atoms with van der Waals surface area (Å²) in [6.45, 7) is -0.415. The van der Waals surface area contributed by atoms with Crippen LogP contribution < -0.4 is 5.73 Å². The van der Waals surface area contributed by atoms with Crippen LogP contribution in [0.5, 0.6) is 0 Å². The Hall–Kier alpha value is -1.14. The molecule has 2 nitrogen and oxygen atoms in total. The summed E-state index contributed by atoms with van der Waals surface area (Å²) >= 11 is 0. The Morgan fingerprint density at radius 2 is 1.71 bits per heavy atom. The first-order valence-corrected chi connectivity index (χ1v) is 3.70. The van der Waals surface area contributed by atoms with Gasteiger partial charge in [-0.05, 0) is 6.07 Å². The summed E-state index contributed by atoms with van der Waals surface area (Å²) in [5, 5.41) is 9.03. The maximum atomic E-state index is 12.9. The van der Waals surface area contributed by atoms with E-state index >= 15 is 0 Å². The average Bonchev–Trinajstić information content (AvgIpc) is 2.19. The van der Waals surface area contributed by atoms with E-state index in [0.717, 1.165) is 0 Å². The molecule has 0 aliphatic carbocycles. The zero-order valence-electron chi connectivity index (χ0n) is 6.90. The molecule has 3 N–H and O–H groups in total. The molecular formula is C8H7F4NO. The Balaban J connectivity index is 3.33. The lowest BCUT2D eigenvalue weighted by Crippen LogP contribution is -2.15. The molecule has 0 bridgehead atoms. The normalized spacial score (nSPS) is 13.0. The van der Waals surface area contributed by atoms with Crippen LogP contribution >= 0.6 is 0 Å². The molecule has 0 radical (unpaired) electrons. The fraction of sp³-hybridized carbons (Fsp3) is 0.250. The number of aliphatic hydroxyl groups is 1. The highest BCUT2D eigenvalue weighted by atomic mass is 19.2. The molecule has 0 fully saturated rings. The Morgan fingerprint density at radius 3 is 2.21 bits per heavy atom. The van der Waals surface area contributed by atoms with Crippen LogP contribution in [0.15, 0.2) is 6.07 Å². The molecule has 1 aromatic rings. The van der Waals surface area contributed by atoms with Gasteiger partial charge in [-0.1, -0.05) is 0 Å². The smallest absolute Gasteiger partial charge is 0.197 e. The highest BCUT2D eigenvalue weighted by molar-refractivity contribution is 5.23. The van der Waals surface area contributed by atoms with E-state index in [1.54, 1.807) is 0 Å². The lowest BCUT2D eigenvalue weighted by Gasteiger charge is -2.10. The number of halogens is 4. The quantitative estimate of drug-likeness (QED) is 0.437. The van der Waals surface area contributed by atoms with E-state index < -0.39 is 41.5 Å². The second-order valence-electron chi connectivity index (χ2n) is 2.64. The molecule has 1 rings (SSSR count). The van der Waals surface area contributed by atoms with Gasteiger partial charge in [-0.2, -0.15) is 0 Å². The van der Waals surface area contributed by atoms with E-state index in [9.17, 15) is 17.6 Å². The minimum Gasteiger partial charge on any atom is -0.387 e. The summed E-state index contributed by atoms with van der Waals surface area (Å²) in [5.74, 6) is -7.05. The Kier molecular flexibility index (Phi) is 3.07. The van der Waals surface area contributed by atoms with Crippen LogP contribution in [0.2, 0.25) is 0 Å². The first-order valence-electron chi connectivity index (χ1n) is 3.70. The Bertz CT molecular complexity index is 356. The second kappa shape index (κ2) is 3.93. The Morgan fingerprint density at radius 1 is 1.14 bits per heavy atom. The van der Waals surface area contributed by atoms with Crippen LogP contribution in [0.25, 0.3) is 0 Å². The van der Waals surface area contributed by atoms with Crippen molar-refractivity contribution in [2.24, 2.45) is 5.73 Å². The second-order valence-corrected chi connectivity index (χ2v) is 2.64. The highest BCUT2D eigenvalue weighted by Gasteiger charge is 2.22. The molecule has 0 saturated heterocycles. The standard InChI is InChI=1S/C8H7F4NO/c9-4-1-3(5(14)2-13)6(10)8(12)7(4)11/h1,5,14H,2,13H2. The molecule has 6 heteroatoms. The third kappa shape index (κ3) is 1.71. The van der Waals surface area contributed by atoms with E-state index in [-0.39, 0.29) is 0 Å². The molecule has 1 atom stereocenters. The van der Waals surface area contributed by atoms with Crippen LogP contribution in [0.1, 0.15) is 11.7 Å². The molecule has 1 aromatic carbocycles. The van der Waals surface area contributed by atoms with Crippen LogP contribution in [0.4, 0.5) is 17.6 Å². The SMILES string of the molecule is NCC(O)c1cc(F)c(F)c(F)c1F. The molecule has 0 saturated carbocycles. The van der Waals surface area contributed by atoms with Crippen molar-refractivity contribution in [2.45, 2.75) is 6.10 Å². The van der Waals surface area contributed by atoms with Gasteiger partial charge in [-0.15, -0.1) is 0 Å². The van der Waals surface area contributed by atoms with E-state index in [2.05, 4.69) is 0 Å². The van der Waals surface area contributed by atoms with Crippen molar-refractivity contribution in [2.75, 3.05) is 6.54 Å². The zero-order valence-corrected chi connectivity index (χ0v) is 6.90. The highest BCUT2D eigenvalue weighted by Crippen LogP contribution is 2.23. The molecule has 0 aliphatic rings. The van der Waals surface area contributed by atoms with Crippen LogP contribution in [0.3, 0.4) is 0 Å². The van der Waals surface area contributed by atoms with Crippen molar-refractivity contribution in [3.8, 4) is 0 Å². The van der Waals surface area contributed by atoms with Crippen molar-refractivity contribution in [1.82, 2.24) is 0 Å². The molecule has 0 aromatic heterocycles. The lowest BCUT2D eigenvalue weighted by molar-refractivity contribution is 0.179. The number of benzene rings is 1. The first-order chi connectivity index (χ1) is 6.49. The fourth-order valence-corrected chi connectivity index (χ4v) is 0.961. The van der Waals surface area contributed by atoms with E-state index in [4.69, 9.17) is 10.8 Å². The van der Waals surface area contributed by atoms with Gasteiger partial charge < -0.3 is 10.8 Å². The summed E-state index contributed by atoms with van der Waals surface area (Å²) in [6.07, 6.45) is -1.56. The number of hydrogen-bond donors (Lipinski definition) is 2. The molecule has 78 valence electrons. The third-order valence-corrected chi connectivity index (χ3v) is 1.71. The Labute approximate surface area is 77.0 Å². The summed E-state index contributed by atoms with van der Waals surface area (Å²) < 4.78 is 50.5. The summed E-state index contributed by atoms with van der Waals surface area (Å²) in [6, 6.07) is 0.380. The third-order valence-electron chi connectivity index (χ3n) is 1.71. The first kappa shape index (κ1) is 10.9. The van der Waals surface area contributed by atoms with Gasteiger partial charge in [0.2, 0.25) is 0 Å². The van der Waals surface area contributed by atoms with Gasteiger partial charge in [0.05, 0.1) is 6.10 Å². The van der Waals surface area contributed by atoms with Gasteiger partial charge in [0, 0.05) is 12.1 Å². The number of hydrogen-bond acceptors (Lipinski definition) is 2. The molecule has 14 heavy (non-hydrogen) atoms. The van der Waals surface area contributed by atoms with Gasteiger partial charge in [0.1, 0.15) is 0 Å². The van der Waals surface area contributed by atoms with E-state index in [1.807, 2.05) is 0 Å². The van der Waals surface area contributed by atoms with Crippen molar-refractivity contribution < 1.29 is 22.7 Å². The largest absolute Gasteiger partial charge is 0.387 e. The van der Waals surface area contributed by atoms with Crippen molar-refractivity contribution in [1.29, 1.82) is 0 Å². The van der Waals surface area contributed by atoms with Gasteiger partial charge in [0.15, 0.2) is 23.3 Å². The van der Waals surface area contributed by atoms with Crippen LogP contribution in [0, 0.1) is 23.3 Å². The summed E-state index contributed by atoms with van der Waals surface area (Å²) in [5.41, 5.74) is 4.27. The number of rotatable bonds is 2. The predicted octanol–water partition coefficient (Wildman–Crippen LogP) is 1.24. The van der Waals surface area contributed by atoms with Gasteiger partial charge in [0.25, 0.3) is 0 Å². The predicted molar refractivity (Wildman–Crippen MR) is 40.3 cm³/mol. The zero-order chi connectivity index (χ0) is 10.9. The van der Waals surface area contributed by atoms with Crippen molar-refractivity contribution in [3.05, 3.63) is 34.9 Å². The molecular weight excluding hydrogens is 202 g/mol. The summed E-state index contributed by atoms with van der Waals surface area (Å²) in [7, 11) is 0. The van der Waals surface area contributed by atoms with Gasteiger partial charge >= 0.3 is 0 Å². The average molecular weight is 209 g/mol. The fourth-order valence-electron chi connectivity index (χ4n) is 0.961. The van der Waals surface area contributed by atoms with E-state index in [0.29, 0.717) is 6.07 Å². The molecule has 0 amide bonds. The minimum absolute atomic E-state index is 0.380. The number of nitrogens with two attached hydrogens (primary N) is 1. The monoisotopic (exact) mass is 209 g/mol. The number of aliphatic hydroxyl groups excluding tert-OH is 1. The van der Waals surface area contributed by atoms with Crippen LogP contribution in [-0.2, 0) is 0 Å². The summed E-state index contributed by atoms with van der Waals surface area (Å²) in [4.78, 5) is 0. The van der Waals surface area contributed by atoms with E-state index in [1.165, 1.54) is 0 Å². The maximum absolute atomic E-state index is 12.9. The lowest BCUT2D eigenvalue weighted by atomic mass is 10.1. The van der Waals surface area contributed by atoms with Gasteiger partial charge in [-0.25, -0.2) is 17.6 Å². The topological polar surface area (TPSA) is 46.2 Å². The molecule has 0 heterocycles. The van der Waals surface area contributed by atoms with Crippen molar-refractivity contribution >= 4 is 0 Å². The maximum Gasteiger partial charge on any atom is 0.197 e. The van der Waals surface area contributed by atoms with Crippen LogP contribution in [-0.4, -0.2) is 11.7 Å². The van der Waals surface area contributed by atoms with Gasteiger partial charge in [-0.3, -0.25) is 0 Å². The molecule has 0 aliphatic heterocycles. The molecule has 0 spiro atoms. The minimum atomic E-state index is -1.95. The van der Waals surface area contributed by atoms with Crippen molar-refractivity contribution in [3.63, 3.8) is 0 Å². The molecule has 1 unspecified atom stereocenters.